The molecular formula is C34H42Cl2F3N4O12PS. The lowest BCUT2D eigenvalue weighted by atomic mass is 10.0. The van der Waals surface area contributed by atoms with E-state index >= 15 is 0 Å². The molecule has 23 heteroatoms. The summed E-state index contributed by atoms with van der Waals surface area (Å²) in [7, 11) is -7.10. The minimum atomic E-state index is -4.62. The first-order valence-electron chi connectivity index (χ1n) is 16.4. The number of alkyl halides is 4. The van der Waals surface area contributed by atoms with Crippen LogP contribution in [0.2, 0.25) is 5.02 Å². The first kappa shape index (κ1) is 50.7. The molecule has 0 radical (unpaired) electrons. The molecule has 0 spiro atoms. The summed E-state index contributed by atoms with van der Waals surface area (Å²) in [6.07, 6.45) is -3.07. The number of amides is 2. The first-order chi connectivity index (χ1) is 26.3. The number of anilines is 1. The van der Waals surface area contributed by atoms with E-state index in [1.807, 2.05) is 32.0 Å². The molecule has 0 saturated heterocycles. The number of carboxylic acids is 1. The van der Waals surface area contributed by atoms with Crippen LogP contribution in [0.25, 0.3) is 0 Å². The van der Waals surface area contributed by atoms with Gasteiger partial charge in [0.2, 0.25) is 15.9 Å². The van der Waals surface area contributed by atoms with Crippen LogP contribution in [0, 0.1) is 17.0 Å². The SMILES string of the molecule is CCOCN(C(=O)CCl)c1c(C)cccc1CC.CP(=O)(O)CCC(N)C(=O)O.CS(=O)(=O)NC(=O)c1cc(Oc2ccc(C(F)(F)F)cc2Cl)ccc1[N+](=O)[O-]. The van der Waals surface area contributed by atoms with Crippen LogP contribution in [0.1, 0.15) is 47.3 Å². The fourth-order valence-electron chi connectivity index (χ4n) is 4.44. The van der Waals surface area contributed by atoms with Crippen molar-refractivity contribution >= 4 is 69.8 Å². The number of benzene rings is 3. The molecule has 2 atom stereocenters. The largest absolute Gasteiger partial charge is 0.480 e. The third-order valence-electron chi connectivity index (χ3n) is 7.16. The van der Waals surface area contributed by atoms with E-state index in [1.165, 1.54) is 6.66 Å². The summed E-state index contributed by atoms with van der Waals surface area (Å²) in [4.78, 5) is 54.6. The number of carbonyl (C=O) groups is 3. The van der Waals surface area contributed by atoms with Gasteiger partial charge >= 0.3 is 12.1 Å². The Labute approximate surface area is 336 Å². The average Bonchev–Trinajstić information content (AvgIpc) is 3.10. The van der Waals surface area contributed by atoms with Gasteiger partial charge in [-0.25, -0.2) is 13.1 Å². The number of nitrogens with one attached hydrogen (secondary N) is 1. The minimum Gasteiger partial charge on any atom is -0.480 e. The Hall–Kier alpha value is -4.30. The number of nitro benzene ring substituents is 1. The number of hydrogen-bond acceptors (Lipinski definition) is 11. The highest BCUT2D eigenvalue weighted by atomic mass is 35.5. The van der Waals surface area contributed by atoms with E-state index in [4.69, 9.17) is 48.4 Å². The van der Waals surface area contributed by atoms with E-state index in [2.05, 4.69) is 6.92 Å². The molecule has 57 heavy (non-hydrogen) atoms. The second kappa shape index (κ2) is 22.6. The fourth-order valence-corrected chi connectivity index (χ4v) is 6.01. The number of nitrogens with zero attached hydrogens (tertiary/aromatic N) is 2. The van der Waals surface area contributed by atoms with E-state index in [0.717, 1.165) is 47.5 Å². The second-order valence-corrected chi connectivity index (χ2v) is 16.9. The standard InChI is InChI=1S/C15H10ClF3N2O6S.C14H20ClNO2.C5H12NO4P/c1-28(25,26)20-14(22)10-7-9(3-4-12(10)21(23)24)27-13-5-2-8(6-11(13)16)15(17,18)19;1-4-12-8-6-7-11(3)14(12)16(10-18-5-2)13(17)9-15;1-11(9,10)3-2-4(6)5(7)8/h2-7H,1H3,(H,20,22);6-8H,4-5,9-10H2,1-3H3;4H,2-3,6H2,1H3,(H,7,8)(H,9,10). The molecule has 2 amide bonds. The van der Waals surface area contributed by atoms with Crippen molar-refractivity contribution < 1.29 is 64.9 Å². The Morgan fingerprint density at radius 2 is 1.75 bits per heavy atom. The number of aryl methyl sites for hydroxylation is 2. The van der Waals surface area contributed by atoms with Gasteiger partial charge in [-0.2, -0.15) is 13.2 Å². The lowest BCUT2D eigenvalue weighted by molar-refractivity contribution is -0.385. The molecular weight excluding hydrogens is 847 g/mol. The van der Waals surface area contributed by atoms with Crippen molar-refractivity contribution in [3.05, 3.63) is 92.0 Å². The topological polar surface area (TPSA) is 246 Å². The third kappa shape index (κ3) is 17.8. The van der Waals surface area contributed by atoms with E-state index in [0.29, 0.717) is 25.0 Å². The number of nitro groups is 1. The third-order valence-corrected chi connectivity index (χ3v) is 9.33. The molecule has 0 aliphatic heterocycles. The molecule has 3 rings (SSSR count). The molecule has 2 unspecified atom stereocenters. The Kier molecular flexibility index (Phi) is 20.1. The number of ether oxygens (including phenoxy) is 2. The molecule has 16 nitrogen and oxygen atoms in total. The minimum absolute atomic E-state index is 0.0371. The van der Waals surface area contributed by atoms with E-state index in [-0.39, 0.29) is 42.6 Å². The Balaban J connectivity index is 0.000000478. The predicted octanol–water partition coefficient (Wildman–Crippen LogP) is 6.56. The highest BCUT2D eigenvalue weighted by Crippen LogP contribution is 2.38. The van der Waals surface area contributed by atoms with Gasteiger partial charge in [-0.1, -0.05) is 36.7 Å². The Morgan fingerprint density at radius 3 is 2.23 bits per heavy atom. The molecule has 0 aromatic heterocycles. The Morgan fingerprint density at radius 1 is 1.12 bits per heavy atom. The van der Waals surface area contributed by atoms with Crippen molar-refractivity contribution in [1.82, 2.24) is 4.72 Å². The average molecular weight is 890 g/mol. The van der Waals surface area contributed by atoms with Gasteiger partial charge in [-0.05, 0) is 62.1 Å². The summed E-state index contributed by atoms with van der Waals surface area (Å²) in [6, 6.07) is 10.1. The number of hydrogen-bond donors (Lipinski definition) is 4. The number of aliphatic carboxylic acids is 1. The quantitative estimate of drug-likeness (QED) is 0.0416. The molecule has 3 aromatic rings. The van der Waals surface area contributed by atoms with E-state index in [1.54, 1.807) is 9.62 Å². The van der Waals surface area contributed by atoms with Crippen molar-refractivity contribution in [1.29, 1.82) is 0 Å². The van der Waals surface area contributed by atoms with Gasteiger partial charge in [0.25, 0.3) is 11.6 Å². The van der Waals surface area contributed by atoms with Gasteiger partial charge < -0.3 is 25.2 Å². The van der Waals surface area contributed by atoms with Crippen molar-refractivity contribution in [2.45, 2.75) is 45.8 Å². The molecule has 0 aliphatic rings. The number of halogens is 5. The summed E-state index contributed by atoms with van der Waals surface area (Å²) in [5.74, 6) is -2.99. The fraction of sp³-hybridized carbons (Fsp3) is 0.382. The zero-order valence-corrected chi connectivity index (χ0v) is 34.4. The number of nitrogens with two attached hydrogens (primary N) is 1. The van der Waals surface area contributed by atoms with E-state index in [9.17, 15) is 50.7 Å². The summed E-state index contributed by atoms with van der Waals surface area (Å²) in [5.41, 5.74) is 5.87. The molecule has 0 fully saturated rings. The van der Waals surface area contributed by atoms with Crippen molar-refractivity contribution in [2.75, 3.05) is 43.2 Å². The smallest absolute Gasteiger partial charge is 0.416 e. The van der Waals surface area contributed by atoms with Gasteiger partial charge in [0.05, 0.1) is 27.5 Å². The van der Waals surface area contributed by atoms with Crippen LogP contribution >= 0.6 is 30.6 Å². The van der Waals surface area contributed by atoms with Crippen molar-refractivity contribution in [3.8, 4) is 11.5 Å². The normalized spacial score (nSPS) is 12.7. The summed E-state index contributed by atoms with van der Waals surface area (Å²) in [6.45, 7) is 7.97. The van der Waals surface area contributed by atoms with Gasteiger partial charge in [-0.3, -0.25) is 34.0 Å². The van der Waals surface area contributed by atoms with Gasteiger partial charge in [-0.15, -0.1) is 11.6 Å². The number of rotatable bonds is 15. The number of carboxylic acid groups (broad SMARTS) is 1. The van der Waals surface area contributed by atoms with Crippen LogP contribution in [0.3, 0.4) is 0 Å². The van der Waals surface area contributed by atoms with E-state index < -0.39 is 68.2 Å². The van der Waals surface area contributed by atoms with Gasteiger partial charge in [0, 0.05) is 31.6 Å². The van der Waals surface area contributed by atoms with Crippen LogP contribution in [0.4, 0.5) is 24.5 Å². The maximum absolute atomic E-state index is 12.7. The highest BCUT2D eigenvalue weighted by Gasteiger charge is 2.31. The molecule has 5 N–H and O–H groups in total. The van der Waals surface area contributed by atoms with Crippen molar-refractivity contribution in [2.24, 2.45) is 5.73 Å². The van der Waals surface area contributed by atoms with Gasteiger partial charge in [0.1, 0.15) is 35.7 Å². The van der Waals surface area contributed by atoms with Crippen LogP contribution in [0.15, 0.2) is 54.6 Å². The summed E-state index contributed by atoms with van der Waals surface area (Å²) < 4.78 is 83.3. The summed E-state index contributed by atoms with van der Waals surface area (Å²) >= 11 is 11.4. The molecule has 0 bridgehead atoms. The molecule has 0 aliphatic carbocycles. The van der Waals surface area contributed by atoms with Gasteiger partial charge in [0.15, 0.2) is 7.37 Å². The Bertz CT molecular complexity index is 2050. The molecule has 316 valence electrons. The molecule has 0 heterocycles. The van der Waals surface area contributed by atoms with Crippen LogP contribution < -0.4 is 20.1 Å². The van der Waals surface area contributed by atoms with Crippen LogP contribution in [-0.4, -0.2) is 85.5 Å². The lowest BCUT2D eigenvalue weighted by Gasteiger charge is -2.25. The zero-order chi connectivity index (χ0) is 43.9. The van der Waals surface area contributed by atoms with Crippen LogP contribution in [0.5, 0.6) is 11.5 Å². The second-order valence-electron chi connectivity index (χ2n) is 11.9. The maximum atomic E-state index is 12.7. The number of sulfonamides is 1. The van der Waals surface area contributed by atoms with Crippen molar-refractivity contribution in [3.63, 3.8) is 0 Å². The number of para-hydroxylation sites is 1. The zero-order valence-electron chi connectivity index (χ0n) is 31.2. The first-order valence-corrected chi connectivity index (χ1v) is 21.5. The molecule has 0 saturated carbocycles. The van der Waals surface area contributed by atoms with Crippen LogP contribution in [-0.2, 0) is 41.5 Å². The number of carbonyl (C=O) groups excluding carboxylic acids is 2. The highest BCUT2D eigenvalue weighted by molar-refractivity contribution is 7.89. The summed E-state index contributed by atoms with van der Waals surface area (Å²) in [5, 5.41) is 18.9. The maximum Gasteiger partial charge on any atom is 0.416 e. The predicted molar refractivity (Wildman–Crippen MR) is 208 cm³/mol. The molecule has 3 aromatic carbocycles. The monoisotopic (exact) mass is 888 g/mol. The lowest BCUT2D eigenvalue weighted by Crippen LogP contribution is -2.35.